The number of aromatic nitrogens is 1. The van der Waals surface area contributed by atoms with Crippen molar-refractivity contribution >= 4 is 34.1 Å². The maximum Gasteiger partial charge on any atom is 0.324 e. The summed E-state index contributed by atoms with van der Waals surface area (Å²) >= 11 is 7.29. The first-order chi connectivity index (χ1) is 11.9. The van der Waals surface area contributed by atoms with Crippen molar-refractivity contribution in [3.63, 3.8) is 0 Å². The molecule has 140 valence electrons. The van der Waals surface area contributed by atoms with Crippen LogP contribution in [0, 0.1) is 17.8 Å². The van der Waals surface area contributed by atoms with E-state index in [0.717, 1.165) is 31.6 Å². The molecule has 2 fully saturated rings. The Hall–Kier alpha value is -0.810. The number of halogens is 1. The smallest absolute Gasteiger partial charge is 0.318 e. The fourth-order valence-electron chi connectivity index (χ4n) is 4.75. The van der Waals surface area contributed by atoms with Gasteiger partial charge >= 0.3 is 6.03 Å². The molecule has 2 aliphatic rings. The third-order valence-corrected chi connectivity index (χ3v) is 6.88. The van der Waals surface area contributed by atoms with Crippen molar-refractivity contribution in [3.05, 3.63) is 10.5 Å². The topological polar surface area (TPSA) is 45.2 Å². The van der Waals surface area contributed by atoms with Crippen LogP contribution in [-0.2, 0) is 0 Å². The first-order valence-corrected chi connectivity index (χ1v) is 10.8. The minimum absolute atomic E-state index is 0.0110. The van der Waals surface area contributed by atoms with Crippen LogP contribution in [0.2, 0.25) is 4.34 Å². The van der Waals surface area contributed by atoms with Crippen molar-refractivity contribution in [1.29, 1.82) is 0 Å². The SMILES string of the molecule is CC1CCC(N(C(=O)Nc2ncc(Cl)s2)C2CC(C)CC(C)C2)CC1. The van der Waals surface area contributed by atoms with Gasteiger partial charge in [0.2, 0.25) is 0 Å². The van der Waals surface area contributed by atoms with E-state index in [4.69, 9.17) is 11.6 Å². The van der Waals surface area contributed by atoms with E-state index in [2.05, 4.69) is 36.0 Å². The molecule has 0 aliphatic heterocycles. The third kappa shape index (κ3) is 4.88. The average Bonchev–Trinajstić information content (AvgIpc) is 2.93. The monoisotopic (exact) mass is 383 g/mol. The van der Waals surface area contributed by atoms with Crippen LogP contribution in [0.25, 0.3) is 0 Å². The number of anilines is 1. The number of hydrogen-bond acceptors (Lipinski definition) is 3. The molecule has 25 heavy (non-hydrogen) atoms. The average molecular weight is 384 g/mol. The first kappa shape index (κ1) is 19.0. The second-order valence-corrected chi connectivity index (χ2v) is 9.95. The zero-order valence-electron chi connectivity index (χ0n) is 15.5. The number of nitrogens with one attached hydrogen (secondary N) is 1. The van der Waals surface area contributed by atoms with E-state index in [-0.39, 0.29) is 6.03 Å². The Kier molecular flexibility index (Phi) is 6.26. The molecule has 2 atom stereocenters. The van der Waals surface area contributed by atoms with E-state index in [0.29, 0.717) is 33.4 Å². The van der Waals surface area contributed by atoms with Gasteiger partial charge in [-0.15, -0.1) is 0 Å². The normalized spacial score (nSPS) is 33.0. The van der Waals surface area contributed by atoms with E-state index in [1.807, 2.05) is 0 Å². The van der Waals surface area contributed by atoms with Crippen molar-refractivity contribution in [2.24, 2.45) is 17.8 Å². The van der Waals surface area contributed by atoms with Crippen LogP contribution in [0.1, 0.15) is 65.7 Å². The molecule has 0 saturated heterocycles. The summed E-state index contributed by atoms with van der Waals surface area (Å²) in [6.45, 7) is 6.97. The molecule has 0 aromatic carbocycles. The molecule has 1 aromatic heterocycles. The van der Waals surface area contributed by atoms with Gasteiger partial charge in [-0.3, -0.25) is 5.32 Å². The molecule has 6 heteroatoms. The van der Waals surface area contributed by atoms with Gasteiger partial charge in [0.05, 0.1) is 6.20 Å². The predicted molar refractivity (Wildman–Crippen MR) is 105 cm³/mol. The number of hydrogen-bond donors (Lipinski definition) is 1. The molecule has 0 bridgehead atoms. The molecule has 2 unspecified atom stereocenters. The predicted octanol–water partition coefficient (Wildman–Crippen LogP) is 6.03. The summed E-state index contributed by atoms with van der Waals surface area (Å²) < 4.78 is 0.605. The number of nitrogens with zero attached hydrogens (tertiary/aromatic N) is 2. The van der Waals surface area contributed by atoms with Gasteiger partial charge < -0.3 is 4.90 Å². The zero-order chi connectivity index (χ0) is 18.0. The molecule has 3 rings (SSSR count). The van der Waals surface area contributed by atoms with Crippen LogP contribution >= 0.6 is 22.9 Å². The van der Waals surface area contributed by atoms with E-state index in [1.165, 1.54) is 30.6 Å². The van der Waals surface area contributed by atoms with Gasteiger partial charge in [-0.2, -0.15) is 0 Å². The van der Waals surface area contributed by atoms with Gasteiger partial charge in [0.15, 0.2) is 5.13 Å². The molecule has 4 nitrogen and oxygen atoms in total. The molecule has 0 radical (unpaired) electrons. The number of rotatable bonds is 3. The van der Waals surface area contributed by atoms with E-state index < -0.39 is 0 Å². The fraction of sp³-hybridized carbons (Fsp3) is 0.789. The van der Waals surface area contributed by atoms with Crippen LogP contribution in [0.5, 0.6) is 0 Å². The minimum Gasteiger partial charge on any atom is -0.318 e. The first-order valence-electron chi connectivity index (χ1n) is 9.63. The molecule has 0 spiro atoms. The lowest BCUT2D eigenvalue weighted by molar-refractivity contribution is 0.0804. The molecule has 1 aromatic rings. The summed E-state index contributed by atoms with van der Waals surface area (Å²) in [7, 11) is 0. The Morgan fingerprint density at radius 1 is 1.08 bits per heavy atom. The van der Waals surface area contributed by atoms with Gasteiger partial charge in [-0.1, -0.05) is 43.7 Å². The molecular formula is C19H30ClN3OS. The molecule has 1 N–H and O–H groups in total. The molecule has 2 aliphatic carbocycles. The highest BCUT2D eigenvalue weighted by Crippen LogP contribution is 2.36. The highest BCUT2D eigenvalue weighted by Gasteiger charge is 2.36. The standard InChI is InChI=1S/C19H30ClN3OS/c1-12-4-6-15(7-5-12)23(16-9-13(2)8-14(3)10-16)19(24)22-18-21-11-17(20)25-18/h11-16H,4-10H2,1-3H3,(H,21,22,24). The highest BCUT2D eigenvalue weighted by molar-refractivity contribution is 7.19. The summed E-state index contributed by atoms with van der Waals surface area (Å²) in [5.74, 6) is 2.14. The van der Waals surface area contributed by atoms with Gasteiger partial charge in [0, 0.05) is 12.1 Å². The van der Waals surface area contributed by atoms with Gasteiger partial charge in [0.1, 0.15) is 4.34 Å². The van der Waals surface area contributed by atoms with Gasteiger partial charge in [-0.25, -0.2) is 9.78 Å². The van der Waals surface area contributed by atoms with Crippen molar-refractivity contribution in [1.82, 2.24) is 9.88 Å². The summed E-state index contributed by atoms with van der Waals surface area (Å²) in [6.07, 6.45) is 9.77. The van der Waals surface area contributed by atoms with E-state index >= 15 is 0 Å². The minimum atomic E-state index is 0.0110. The van der Waals surface area contributed by atoms with Crippen LogP contribution in [0.3, 0.4) is 0 Å². The van der Waals surface area contributed by atoms with Crippen molar-refractivity contribution < 1.29 is 4.79 Å². The Bertz CT molecular complexity index is 575. The number of carbonyl (C=O) groups is 1. The number of carbonyl (C=O) groups excluding carboxylic acids is 1. The Morgan fingerprint density at radius 3 is 2.28 bits per heavy atom. The molecule has 2 saturated carbocycles. The second-order valence-electron chi connectivity index (χ2n) is 8.29. The number of amides is 2. The summed E-state index contributed by atoms with van der Waals surface area (Å²) in [6, 6.07) is 0.707. The Balaban J connectivity index is 1.76. The lowest BCUT2D eigenvalue weighted by Gasteiger charge is -2.44. The van der Waals surface area contributed by atoms with E-state index in [1.54, 1.807) is 6.20 Å². The highest BCUT2D eigenvalue weighted by atomic mass is 35.5. The molecule has 1 heterocycles. The van der Waals surface area contributed by atoms with Gasteiger partial charge in [0.25, 0.3) is 0 Å². The fourth-order valence-corrected chi connectivity index (χ4v) is 5.55. The largest absolute Gasteiger partial charge is 0.324 e. The van der Waals surface area contributed by atoms with E-state index in [9.17, 15) is 4.79 Å². The van der Waals surface area contributed by atoms with Crippen LogP contribution < -0.4 is 5.32 Å². The summed E-state index contributed by atoms with van der Waals surface area (Å²) in [5, 5.41) is 3.61. The maximum atomic E-state index is 13.2. The lowest BCUT2D eigenvalue weighted by atomic mass is 9.78. The zero-order valence-corrected chi connectivity index (χ0v) is 17.1. The second kappa shape index (κ2) is 8.26. The van der Waals surface area contributed by atoms with Crippen molar-refractivity contribution in [2.45, 2.75) is 77.8 Å². The Labute approximate surface area is 160 Å². The molecule has 2 amide bonds. The number of urea groups is 1. The number of thiazole rings is 1. The van der Waals surface area contributed by atoms with Crippen LogP contribution in [0.15, 0.2) is 6.20 Å². The molecular weight excluding hydrogens is 354 g/mol. The lowest BCUT2D eigenvalue weighted by Crippen LogP contribution is -2.52. The maximum absolute atomic E-state index is 13.2. The Morgan fingerprint density at radius 2 is 1.72 bits per heavy atom. The summed E-state index contributed by atoms with van der Waals surface area (Å²) in [5.41, 5.74) is 0. The summed E-state index contributed by atoms with van der Waals surface area (Å²) in [4.78, 5) is 19.5. The van der Waals surface area contributed by atoms with Crippen molar-refractivity contribution in [3.8, 4) is 0 Å². The van der Waals surface area contributed by atoms with Crippen LogP contribution in [0.4, 0.5) is 9.93 Å². The van der Waals surface area contributed by atoms with Crippen molar-refractivity contribution in [2.75, 3.05) is 5.32 Å². The third-order valence-electron chi connectivity index (χ3n) is 5.85. The van der Waals surface area contributed by atoms with Crippen LogP contribution in [-0.4, -0.2) is 28.0 Å². The van der Waals surface area contributed by atoms with Gasteiger partial charge in [-0.05, 0) is 62.7 Å². The quantitative estimate of drug-likeness (QED) is 0.692.